The fraction of sp³-hybridized carbons (Fsp3) is 0.667. The minimum Gasteiger partial charge on any atom is -0.385 e. The lowest BCUT2D eigenvalue weighted by molar-refractivity contribution is -0.140. The van der Waals surface area contributed by atoms with E-state index in [4.69, 9.17) is 14.5 Å². The number of nitrogens with zero attached hydrogens (tertiary/aromatic N) is 4. The molecular weight excluding hydrogens is 494 g/mol. The van der Waals surface area contributed by atoms with E-state index in [1.165, 1.54) is 0 Å². The first kappa shape index (κ1) is 29.4. The molecule has 9 nitrogen and oxygen atoms in total. The third-order valence-electron chi connectivity index (χ3n) is 7.09. The standard InChI is InChI=1S/C27H41N5O4.ClH/c1-20(2)19-32(22-16-21(17-28-18-22)26(33)30-11-14-36-15-12-30)27(34)25-29-23-8-4-5-9-24(23)31(25)10-6-7-13-35-3;/h4-5,8-9,20-22,28H,6-7,10-19H2,1-3H3;1H/t21-,22+;/m0./s1. The summed E-state index contributed by atoms with van der Waals surface area (Å²) in [5.74, 6) is 0.743. The van der Waals surface area contributed by atoms with Crippen LogP contribution in [0, 0.1) is 11.8 Å². The second-order valence-electron chi connectivity index (χ2n) is 10.3. The van der Waals surface area contributed by atoms with Crippen molar-refractivity contribution < 1.29 is 19.1 Å². The van der Waals surface area contributed by atoms with Crippen LogP contribution in [-0.4, -0.2) is 96.9 Å². The van der Waals surface area contributed by atoms with Crippen LogP contribution in [0.15, 0.2) is 24.3 Å². The van der Waals surface area contributed by atoms with E-state index >= 15 is 0 Å². The topological polar surface area (TPSA) is 88.9 Å². The number of halogens is 1. The third-order valence-corrected chi connectivity index (χ3v) is 7.09. The maximum atomic E-state index is 14.1. The average Bonchev–Trinajstić information content (AvgIpc) is 3.28. The van der Waals surface area contributed by atoms with Crippen LogP contribution in [0.1, 0.15) is 43.7 Å². The molecule has 2 aromatic rings. The summed E-state index contributed by atoms with van der Waals surface area (Å²) < 4.78 is 12.7. The molecule has 1 aromatic carbocycles. The van der Waals surface area contributed by atoms with Crippen LogP contribution >= 0.6 is 12.4 Å². The van der Waals surface area contributed by atoms with E-state index in [9.17, 15) is 9.59 Å². The zero-order valence-corrected chi connectivity index (χ0v) is 23.2. The largest absolute Gasteiger partial charge is 0.385 e. The van der Waals surface area contributed by atoms with Gasteiger partial charge in [0.2, 0.25) is 5.91 Å². The molecule has 2 atom stereocenters. The molecule has 206 valence electrons. The number of aromatic nitrogens is 2. The molecule has 2 aliphatic rings. The Hall–Kier alpha value is -2.20. The molecule has 1 aromatic heterocycles. The highest BCUT2D eigenvalue weighted by atomic mass is 35.5. The van der Waals surface area contributed by atoms with Crippen molar-refractivity contribution in [2.75, 3.05) is 59.7 Å². The van der Waals surface area contributed by atoms with Gasteiger partial charge >= 0.3 is 0 Å². The summed E-state index contributed by atoms with van der Waals surface area (Å²) in [7, 11) is 1.71. The van der Waals surface area contributed by atoms with Gasteiger partial charge in [0, 0.05) is 59.0 Å². The summed E-state index contributed by atoms with van der Waals surface area (Å²) in [6.45, 7) is 10.1. The minimum absolute atomic E-state index is 0. The van der Waals surface area contributed by atoms with E-state index in [1.807, 2.05) is 34.1 Å². The van der Waals surface area contributed by atoms with Crippen molar-refractivity contribution in [1.82, 2.24) is 24.7 Å². The zero-order chi connectivity index (χ0) is 25.5. The van der Waals surface area contributed by atoms with Crippen molar-refractivity contribution in [3.63, 3.8) is 0 Å². The van der Waals surface area contributed by atoms with E-state index in [0.717, 1.165) is 23.9 Å². The number of aryl methyl sites for hydroxylation is 1. The maximum Gasteiger partial charge on any atom is 0.290 e. The second-order valence-corrected chi connectivity index (χ2v) is 10.3. The van der Waals surface area contributed by atoms with Crippen LogP contribution in [0.3, 0.4) is 0 Å². The van der Waals surface area contributed by atoms with Gasteiger partial charge in [-0.15, -0.1) is 12.4 Å². The molecular formula is C27H42ClN5O4. The number of hydrogen-bond acceptors (Lipinski definition) is 6. The zero-order valence-electron chi connectivity index (χ0n) is 22.4. The molecule has 2 aliphatic heterocycles. The van der Waals surface area contributed by atoms with Crippen molar-refractivity contribution in [2.24, 2.45) is 11.8 Å². The van der Waals surface area contributed by atoms with Gasteiger partial charge in [0.05, 0.1) is 30.2 Å². The van der Waals surface area contributed by atoms with E-state index in [2.05, 4.69) is 23.7 Å². The predicted octanol–water partition coefficient (Wildman–Crippen LogP) is 2.82. The minimum atomic E-state index is -0.142. The summed E-state index contributed by atoms with van der Waals surface area (Å²) in [5, 5.41) is 3.44. The van der Waals surface area contributed by atoms with Gasteiger partial charge in [-0.1, -0.05) is 26.0 Å². The lowest BCUT2D eigenvalue weighted by Crippen LogP contribution is -2.56. The quantitative estimate of drug-likeness (QED) is 0.471. The number of rotatable bonds is 10. The van der Waals surface area contributed by atoms with E-state index < -0.39 is 0 Å². The Balaban J connectivity index is 0.00000380. The van der Waals surface area contributed by atoms with Crippen LogP contribution in [0.4, 0.5) is 0 Å². The molecule has 3 heterocycles. The summed E-state index contributed by atoms with van der Waals surface area (Å²) in [6.07, 6.45) is 2.49. The number of fused-ring (bicyclic) bond motifs is 1. The Morgan fingerprint density at radius 1 is 1.19 bits per heavy atom. The number of piperidine rings is 1. The van der Waals surface area contributed by atoms with Gasteiger partial charge < -0.3 is 29.2 Å². The second kappa shape index (κ2) is 14.1. The van der Waals surface area contributed by atoms with Gasteiger partial charge in [0.15, 0.2) is 5.82 Å². The first-order valence-corrected chi connectivity index (χ1v) is 13.3. The van der Waals surface area contributed by atoms with Gasteiger partial charge in [-0.05, 0) is 37.3 Å². The number of ether oxygens (including phenoxy) is 2. The molecule has 0 unspecified atom stereocenters. The number of carbonyl (C=O) groups is 2. The first-order chi connectivity index (χ1) is 17.5. The number of carbonyl (C=O) groups excluding carboxylic acids is 2. The molecule has 2 fully saturated rings. The lowest BCUT2D eigenvalue weighted by Gasteiger charge is -2.40. The van der Waals surface area contributed by atoms with Crippen LogP contribution in [0.25, 0.3) is 11.0 Å². The first-order valence-electron chi connectivity index (χ1n) is 13.3. The summed E-state index contributed by atoms with van der Waals surface area (Å²) in [6, 6.07) is 7.87. The molecule has 2 amide bonds. The smallest absolute Gasteiger partial charge is 0.290 e. The number of hydrogen-bond donors (Lipinski definition) is 1. The molecule has 4 rings (SSSR count). The van der Waals surface area contributed by atoms with E-state index in [0.29, 0.717) is 77.3 Å². The fourth-order valence-corrected chi connectivity index (χ4v) is 5.29. The Labute approximate surface area is 226 Å². The fourth-order valence-electron chi connectivity index (χ4n) is 5.29. The van der Waals surface area contributed by atoms with Gasteiger partial charge in [0.1, 0.15) is 0 Å². The number of morpholine rings is 1. The summed E-state index contributed by atoms with van der Waals surface area (Å²) in [5.41, 5.74) is 1.81. The van der Waals surface area contributed by atoms with E-state index in [-0.39, 0.29) is 36.2 Å². The highest BCUT2D eigenvalue weighted by molar-refractivity contribution is 5.95. The van der Waals surface area contributed by atoms with Gasteiger partial charge in [-0.2, -0.15) is 0 Å². The molecule has 2 saturated heterocycles. The van der Waals surface area contributed by atoms with Gasteiger partial charge in [-0.25, -0.2) is 4.98 Å². The molecule has 0 saturated carbocycles. The Morgan fingerprint density at radius 3 is 2.68 bits per heavy atom. The van der Waals surface area contributed by atoms with Crippen molar-refractivity contribution in [3.8, 4) is 0 Å². The Kier molecular flexibility index (Phi) is 11.2. The molecule has 10 heteroatoms. The number of amides is 2. The maximum absolute atomic E-state index is 14.1. The van der Waals surface area contributed by atoms with E-state index in [1.54, 1.807) is 7.11 Å². The highest BCUT2D eigenvalue weighted by Crippen LogP contribution is 2.24. The Bertz CT molecular complexity index is 1020. The van der Waals surface area contributed by atoms with Crippen molar-refractivity contribution >= 4 is 35.3 Å². The number of nitrogens with one attached hydrogen (secondary N) is 1. The molecule has 0 bridgehead atoms. The van der Waals surface area contributed by atoms with Crippen LogP contribution in [0.5, 0.6) is 0 Å². The molecule has 1 N–H and O–H groups in total. The molecule has 37 heavy (non-hydrogen) atoms. The highest BCUT2D eigenvalue weighted by Gasteiger charge is 2.36. The van der Waals surface area contributed by atoms with Crippen LogP contribution in [-0.2, 0) is 20.8 Å². The third kappa shape index (κ3) is 7.22. The summed E-state index contributed by atoms with van der Waals surface area (Å²) >= 11 is 0. The van der Waals surface area contributed by atoms with Crippen LogP contribution < -0.4 is 5.32 Å². The SMILES string of the molecule is COCCCCn1c(C(=O)N(CC(C)C)[C@H]2CNC[C@@H](C(=O)N3CCOCC3)C2)nc2ccccc21.Cl. The average molecular weight is 536 g/mol. The number of para-hydroxylation sites is 2. The van der Waals surface area contributed by atoms with Crippen LogP contribution in [0.2, 0.25) is 0 Å². The van der Waals surface area contributed by atoms with Crippen molar-refractivity contribution in [1.29, 1.82) is 0 Å². The number of benzene rings is 1. The monoisotopic (exact) mass is 535 g/mol. The normalized spacial score (nSPS) is 20.2. The molecule has 0 aliphatic carbocycles. The molecule has 0 radical (unpaired) electrons. The van der Waals surface area contributed by atoms with Crippen molar-refractivity contribution in [3.05, 3.63) is 30.1 Å². The lowest BCUT2D eigenvalue weighted by atomic mass is 9.92. The molecule has 0 spiro atoms. The number of methoxy groups -OCH3 is 1. The number of unbranched alkanes of at least 4 members (excludes halogenated alkanes) is 1. The Morgan fingerprint density at radius 2 is 1.95 bits per heavy atom. The summed E-state index contributed by atoms with van der Waals surface area (Å²) in [4.78, 5) is 36.0. The van der Waals surface area contributed by atoms with Crippen molar-refractivity contribution in [2.45, 2.75) is 45.7 Å². The predicted molar refractivity (Wildman–Crippen MR) is 146 cm³/mol. The van der Waals surface area contributed by atoms with Gasteiger partial charge in [0.25, 0.3) is 5.91 Å². The van der Waals surface area contributed by atoms with Gasteiger partial charge in [-0.3, -0.25) is 9.59 Å². The number of imidazole rings is 1.